The summed E-state index contributed by atoms with van der Waals surface area (Å²) in [7, 11) is 0. The van der Waals surface area contributed by atoms with Gasteiger partial charge in [-0.15, -0.1) is 0 Å². The van der Waals surface area contributed by atoms with Gasteiger partial charge in [-0.05, 0) is 53.0 Å². The number of nitrogens with zero attached hydrogens (tertiary/aromatic N) is 1. The summed E-state index contributed by atoms with van der Waals surface area (Å²) in [4.78, 5) is 13.0. The number of nitrogens with two attached hydrogens (primary N) is 1. The van der Waals surface area contributed by atoms with Crippen molar-refractivity contribution in [2.75, 3.05) is 13.1 Å². The maximum atomic E-state index is 12.5. The van der Waals surface area contributed by atoms with Gasteiger partial charge in [0, 0.05) is 12.1 Å². The van der Waals surface area contributed by atoms with E-state index in [1.165, 1.54) is 4.90 Å². The van der Waals surface area contributed by atoms with Crippen molar-refractivity contribution < 1.29 is 18.0 Å². The lowest BCUT2D eigenvalue weighted by Gasteiger charge is -2.31. The van der Waals surface area contributed by atoms with Crippen LogP contribution < -0.4 is 11.1 Å². The van der Waals surface area contributed by atoms with Crippen molar-refractivity contribution in [3.8, 4) is 0 Å². The van der Waals surface area contributed by atoms with E-state index in [2.05, 4.69) is 5.32 Å². The third kappa shape index (κ3) is 6.65. The second kappa shape index (κ2) is 6.96. The van der Waals surface area contributed by atoms with Crippen LogP contribution in [0.3, 0.4) is 0 Å². The summed E-state index contributed by atoms with van der Waals surface area (Å²) < 4.78 is 37.5. The maximum Gasteiger partial charge on any atom is 0.401 e. The first kappa shape index (κ1) is 18.2. The highest BCUT2D eigenvalue weighted by atomic mass is 19.4. The summed E-state index contributed by atoms with van der Waals surface area (Å²) in [6.45, 7) is 4.58. The number of hydrogen-bond donors (Lipinski definition) is 2. The van der Waals surface area contributed by atoms with Gasteiger partial charge in [0.15, 0.2) is 0 Å². The molecule has 124 valence electrons. The van der Waals surface area contributed by atoms with Crippen molar-refractivity contribution >= 4 is 5.91 Å². The quantitative estimate of drug-likeness (QED) is 0.685. The number of rotatable bonds is 9. The Hall–Kier alpha value is -0.820. The molecule has 0 aromatic rings. The van der Waals surface area contributed by atoms with Crippen molar-refractivity contribution in [2.45, 2.75) is 70.3 Å². The Morgan fingerprint density at radius 3 is 2.33 bits per heavy atom. The van der Waals surface area contributed by atoms with Crippen LogP contribution in [0.4, 0.5) is 13.2 Å². The Bertz CT molecular complexity index is 356. The van der Waals surface area contributed by atoms with Crippen LogP contribution in [0, 0.1) is 0 Å². The lowest BCUT2D eigenvalue weighted by atomic mass is 9.94. The topological polar surface area (TPSA) is 58.4 Å². The molecule has 1 atom stereocenters. The summed E-state index contributed by atoms with van der Waals surface area (Å²) in [6.07, 6.45) is -1.22. The first-order valence-electron chi connectivity index (χ1n) is 7.42. The molecule has 1 aliphatic rings. The van der Waals surface area contributed by atoms with E-state index >= 15 is 0 Å². The van der Waals surface area contributed by atoms with E-state index < -0.39 is 24.2 Å². The molecule has 1 unspecified atom stereocenters. The van der Waals surface area contributed by atoms with E-state index in [9.17, 15) is 18.0 Å². The molecule has 4 nitrogen and oxygen atoms in total. The summed E-state index contributed by atoms with van der Waals surface area (Å²) in [5.74, 6) is -0.443. The molecule has 1 saturated carbocycles. The normalized spacial score (nSPS) is 19.0. The highest BCUT2D eigenvalue weighted by molar-refractivity contribution is 5.84. The molecule has 0 spiro atoms. The highest BCUT2D eigenvalue weighted by Gasteiger charge is 2.37. The molecule has 0 aliphatic heterocycles. The number of alkyl halides is 3. The fraction of sp³-hybridized carbons (Fsp3) is 0.929. The molecule has 1 amide bonds. The van der Waals surface area contributed by atoms with Crippen LogP contribution in [0.25, 0.3) is 0 Å². The number of carbonyl (C=O) groups is 1. The van der Waals surface area contributed by atoms with Crippen molar-refractivity contribution in [3.05, 3.63) is 0 Å². The Morgan fingerprint density at radius 2 is 1.95 bits per heavy atom. The second-order valence-electron chi connectivity index (χ2n) is 6.40. The van der Waals surface area contributed by atoms with Gasteiger partial charge in [-0.25, -0.2) is 0 Å². The van der Waals surface area contributed by atoms with Gasteiger partial charge >= 0.3 is 6.18 Å². The first-order chi connectivity index (χ1) is 9.53. The fourth-order valence-corrected chi connectivity index (χ4v) is 2.33. The standard InChI is InChI=1S/C14H26F3N3O/c1-10(2)20(9-14(15,16)17)8-4-7-13(3,12(18)21)19-11-5-6-11/h10-11,19H,4-9H2,1-3H3,(H2,18,21). The number of hydrogen-bond acceptors (Lipinski definition) is 3. The van der Waals surface area contributed by atoms with E-state index in [1.54, 1.807) is 20.8 Å². The zero-order chi connectivity index (χ0) is 16.3. The van der Waals surface area contributed by atoms with Crippen molar-refractivity contribution in [1.29, 1.82) is 0 Å². The summed E-state index contributed by atoms with van der Waals surface area (Å²) >= 11 is 0. The molecule has 0 heterocycles. The number of halogens is 3. The Labute approximate surface area is 124 Å². The minimum absolute atomic E-state index is 0.192. The molecular formula is C14H26F3N3O. The molecule has 1 rings (SSSR count). The van der Waals surface area contributed by atoms with Gasteiger partial charge in [0.25, 0.3) is 0 Å². The largest absolute Gasteiger partial charge is 0.401 e. The number of nitrogens with one attached hydrogen (secondary N) is 1. The van der Waals surface area contributed by atoms with E-state index in [1.807, 2.05) is 0 Å². The molecule has 1 fully saturated rings. The van der Waals surface area contributed by atoms with Gasteiger partial charge in [0.05, 0.1) is 12.1 Å². The molecule has 0 aromatic heterocycles. The third-order valence-corrected chi connectivity index (χ3v) is 3.88. The third-order valence-electron chi connectivity index (χ3n) is 3.88. The average Bonchev–Trinajstić information content (AvgIpc) is 3.09. The molecule has 0 bridgehead atoms. The van der Waals surface area contributed by atoms with Crippen LogP contribution in [0.1, 0.15) is 46.5 Å². The Balaban J connectivity index is 2.48. The van der Waals surface area contributed by atoms with Crippen molar-refractivity contribution in [3.63, 3.8) is 0 Å². The average molecular weight is 309 g/mol. The van der Waals surface area contributed by atoms with Crippen molar-refractivity contribution in [2.24, 2.45) is 5.73 Å². The van der Waals surface area contributed by atoms with E-state index in [4.69, 9.17) is 5.73 Å². The molecule has 1 aliphatic carbocycles. The zero-order valence-corrected chi connectivity index (χ0v) is 13.0. The molecule has 7 heteroatoms. The van der Waals surface area contributed by atoms with Gasteiger partial charge < -0.3 is 11.1 Å². The molecule has 21 heavy (non-hydrogen) atoms. The fourth-order valence-electron chi connectivity index (χ4n) is 2.33. The number of amides is 1. The summed E-state index contributed by atoms with van der Waals surface area (Å²) in [5, 5.41) is 3.20. The smallest absolute Gasteiger partial charge is 0.368 e. The van der Waals surface area contributed by atoms with Crippen LogP contribution in [-0.4, -0.2) is 47.7 Å². The molecule has 0 radical (unpaired) electrons. The van der Waals surface area contributed by atoms with Gasteiger partial charge in [0.2, 0.25) is 5.91 Å². The lowest BCUT2D eigenvalue weighted by Crippen LogP contribution is -2.54. The zero-order valence-electron chi connectivity index (χ0n) is 13.0. The monoisotopic (exact) mass is 309 g/mol. The predicted molar refractivity (Wildman–Crippen MR) is 75.8 cm³/mol. The van der Waals surface area contributed by atoms with Crippen LogP contribution in [-0.2, 0) is 4.79 Å². The first-order valence-corrected chi connectivity index (χ1v) is 7.42. The Morgan fingerprint density at radius 1 is 1.38 bits per heavy atom. The Kier molecular flexibility index (Phi) is 6.04. The highest BCUT2D eigenvalue weighted by Crippen LogP contribution is 2.25. The number of carbonyl (C=O) groups excluding carboxylic acids is 1. The van der Waals surface area contributed by atoms with Gasteiger partial charge in [-0.2, -0.15) is 13.2 Å². The maximum absolute atomic E-state index is 12.5. The molecular weight excluding hydrogens is 283 g/mol. The molecule has 0 saturated heterocycles. The van der Waals surface area contributed by atoms with E-state index in [0.29, 0.717) is 25.4 Å². The van der Waals surface area contributed by atoms with Crippen LogP contribution in [0.2, 0.25) is 0 Å². The second-order valence-corrected chi connectivity index (χ2v) is 6.40. The predicted octanol–water partition coefficient (Wildman–Crippen LogP) is 2.04. The van der Waals surface area contributed by atoms with Gasteiger partial charge in [0.1, 0.15) is 0 Å². The summed E-state index contributed by atoms with van der Waals surface area (Å²) in [6, 6.07) is 0.127. The van der Waals surface area contributed by atoms with E-state index in [-0.39, 0.29) is 6.04 Å². The number of primary amides is 1. The van der Waals surface area contributed by atoms with Gasteiger partial charge in [-0.1, -0.05) is 0 Å². The minimum atomic E-state index is -4.20. The lowest BCUT2D eigenvalue weighted by molar-refractivity contribution is -0.150. The van der Waals surface area contributed by atoms with Crippen LogP contribution in [0.5, 0.6) is 0 Å². The minimum Gasteiger partial charge on any atom is -0.368 e. The van der Waals surface area contributed by atoms with Crippen LogP contribution in [0.15, 0.2) is 0 Å². The van der Waals surface area contributed by atoms with Gasteiger partial charge in [-0.3, -0.25) is 9.69 Å². The summed E-state index contributed by atoms with van der Waals surface area (Å²) in [5.41, 5.74) is 4.60. The molecule has 0 aromatic carbocycles. The molecule has 3 N–H and O–H groups in total. The van der Waals surface area contributed by atoms with Crippen molar-refractivity contribution in [1.82, 2.24) is 10.2 Å². The van der Waals surface area contributed by atoms with Crippen LogP contribution >= 0.6 is 0 Å². The van der Waals surface area contributed by atoms with E-state index in [0.717, 1.165) is 12.8 Å². The SMILES string of the molecule is CC(C)N(CCCC(C)(NC1CC1)C(N)=O)CC(F)(F)F.